The van der Waals surface area contributed by atoms with Crippen LogP contribution >= 0.6 is 0 Å². The van der Waals surface area contributed by atoms with Gasteiger partial charge in [-0.15, -0.1) is 0 Å². The molecule has 1 aromatic rings. The maximum absolute atomic E-state index is 7.00. The Bertz CT molecular complexity index is 336. The topological polar surface area (TPSA) is 23.5 Å². The highest BCUT2D eigenvalue weighted by Crippen LogP contribution is 2.33. The Morgan fingerprint density at radius 3 is 2.69 bits per heavy atom. The highest BCUT2D eigenvalue weighted by molar-refractivity contribution is 5.56. The zero-order valence-corrected chi connectivity index (χ0v) is 10.8. The second-order valence-electron chi connectivity index (χ2n) is 4.53. The number of benzene rings is 1. The van der Waals surface area contributed by atoms with Gasteiger partial charge in [0.2, 0.25) is 0 Å². The zero-order valence-electron chi connectivity index (χ0n) is 10.8. The fourth-order valence-electron chi connectivity index (χ4n) is 2.33. The first-order valence-corrected chi connectivity index (χ1v) is 5.95. The van der Waals surface area contributed by atoms with Crippen LogP contribution < -0.4 is 4.90 Å². The van der Waals surface area contributed by atoms with E-state index in [2.05, 4.69) is 44.0 Å². The second-order valence-corrected chi connectivity index (χ2v) is 4.53. The molecule has 16 heavy (non-hydrogen) atoms. The van der Waals surface area contributed by atoms with Gasteiger partial charge >= 0.3 is 0 Å². The average molecular weight is 221 g/mol. The van der Waals surface area contributed by atoms with Gasteiger partial charge in [-0.3, -0.25) is 0 Å². The summed E-state index contributed by atoms with van der Waals surface area (Å²) in [4.78, 5) is 2.39. The summed E-state index contributed by atoms with van der Waals surface area (Å²) in [5.41, 5.74) is 4.34. The number of fused-ring (bicyclic) bond motifs is 1. The van der Waals surface area contributed by atoms with E-state index >= 15 is 0 Å². The molecule has 90 valence electrons. The third-order valence-electron chi connectivity index (χ3n) is 3.26. The summed E-state index contributed by atoms with van der Waals surface area (Å²) >= 11 is 0. The highest BCUT2D eigenvalue weighted by Gasteiger charge is 2.17. The molecule has 1 N–H and O–H groups in total. The monoisotopic (exact) mass is 221 g/mol. The summed E-state index contributed by atoms with van der Waals surface area (Å²) in [6.45, 7) is 5.72. The fraction of sp³-hybridized carbons (Fsp3) is 0.571. The molecule has 0 aliphatic carbocycles. The molecule has 2 rings (SSSR count). The summed E-state index contributed by atoms with van der Waals surface area (Å²) in [6.07, 6.45) is 2.63. The van der Waals surface area contributed by atoms with Crippen LogP contribution in [-0.2, 0) is 0 Å². The van der Waals surface area contributed by atoms with Crippen molar-refractivity contribution in [1.29, 1.82) is 0 Å². The number of aryl methyl sites for hydroxylation is 1. The van der Waals surface area contributed by atoms with Crippen molar-refractivity contribution < 1.29 is 5.11 Å². The van der Waals surface area contributed by atoms with Crippen LogP contribution in [-0.4, -0.2) is 25.8 Å². The lowest BCUT2D eigenvalue weighted by Gasteiger charge is -2.20. The number of hydrogen-bond donors (Lipinski definition) is 1. The summed E-state index contributed by atoms with van der Waals surface area (Å²) in [5.74, 6) is 0.717. The molecule has 2 nitrogen and oxygen atoms in total. The lowest BCUT2D eigenvalue weighted by Crippen LogP contribution is -2.17. The van der Waals surface area contributed by atoms with E-state index in [9.17, 15) is 0 Å². The van der Waals surface area contributed by atoms with Crippen molar-refractivity contribution in [3.8, 4) is 0 Å². The van der Waals surface area contributed by atoms with E-state index in [1.807, 2.05) is 0 Å². The lowest BCUT2D eigenvalue weighted by atomic mass is 9.95. The minimum absolute atomic E-state index is 0.717. The molecule has 2 heteroatoms. The first-order valence-electron chi connectivity index (χ1n) is 5.95. The van der Waals surface area contributed by atoms with E-state index in [1.165, 1.54) is 36.2 Å². The molecule has 0 amide bonds. The predicted octanol–water partition coefficient (Wildman–Crippen LogP) is 2.94. The van der Waals surface area contributed by atoms with Gasteiger partial charge in [-0.1, -0.05) is 24.6 Å². The quantitative estimate of drug-likeness (QED) is 0.728. The maximum atomic E-state index is 7.00. The van der Waals surface area contributed by atoms with Gasteiger partial charge in [0.25, 0.3) is 0 Å². The molecule has 1 heterocycles. The fourth-order valence-corrected chi connectivity index (χ4v) is 2.33. The van der Waals surface area contributed by atoms with E-state index in [-0.39, 0.29) is 0 Å². The molecule has 1 atom stereocenters. The summed E-state index contributed by atoms with van der Waals surface area (Å²) in [7, 11) is 3.20. The standard InChI is InChI=1S/C13H19N.CH4O/c1-10-6-7-13-12(9-10)11(2)5-4-8-14(13)3;1-2/h6-7,9,11H,4-5,8H2,1-3H3;2H,1H3. The Labute approximate surface area is 98.9 Å². The predicted molar refractivity (Wildman–Crippen MR) is 70.2 cm³/mol. The lowest BCUT2D eigenvalue weighted by molar-refractivity contribution is 0.399. The molecule has 1 aromatic carbocycles. The number of aliphatic hydroxyl groups is 1. The number of aliphatic hydroxyl groups excluding tert-OH is 1. The normalized spacial score (nSPS) is 19.3. The van der Waals surface area contributed by atoms with Crippen LogP contribution in [0.2, 0.25) is 0 Å². The molecule has 0 aromatic heterocycles. The second kappa shape index (κ2) is 5.90. The van der Waals surface area contributed by atoms with Gasteiger partial charge in [0, 0.05) is 26.4 Å². The van der Waals surface area contributed by atoms with Crippen molar-refractivity contribution in [2.75, 3.05) is 25.6 Å². The summed E-state index contributed by atoms with van der Waals surface area (Å²) in [6, 6.07) is 6.84. The first kappa shape index (κ1) is 13.0. The van der Waals surface area contributed by atoms with E-state index < -0.39 is 0 Å². The molecule has 0 spiro atoms. The van der Waals surface area contributed by atoms with Gasteiger partial charge in [0.05, 0.1) is 0 Å². The zero-order chi connectivity index (χ0) is 12.1. The maximum Gasteiger partial charge on any atom is 0.0399 e. The Kier molecular flexibility index (Phi) is 4.81. The van der Waals surface area contributed by atoms with Crippen LogP contribution in [0.25, 0.3) is 0 Å². The van der Waals surface area contributed by atoms with Crippen molar-refractivity contribution in [3.05, 3.63) is 29.3 Å². The average Bonchev–Trinajstić information content (AvgIpc) is 2.43. The molecular weight excluding hydrogens is 198 g/mol. The molecule has 1 unspecified atom stereocenters. The largest absolute Gasteiger partial charge is 0.400 e. The van der Waals surface area contributed by atoms with Gasteiger partial charge in [0.15, 0.2) is 0 Å². The van der Waals surface area contributed by atoms with Gasteiger partial charge in [-0.25, -0.2) is 0 Å². The number of anilines is 1. The molecule has 0 fully saturated rings. The summed E-state index contributed by atoms with van der Waals surface area (Å²) < 4.78 is 0. The molecule has 0 bridgehead atoms. The molecule has 1 aliphatic rings. The Hall–Kier alpha value is -1.02. The number of nitrogens with zero attached hydrogens (tertiary/aromatic N) is 1. The van der Waals surface area contributed by atoms with Crippen LogP contribution in [0.15, 0.2) is 18.2 Å². The van der Waals surface area contributed by atoms with E-state index in [0.717, 1.165) is 13.0 Å². The first-order chi connectivity index (χ1) is 7.68. The van der Waals surface area contributed by atoms with Crippen molar-refractivity contribution in [1.82, 2.24) is 0 Å². The van der Waals surface area contributed by atoms with Gasteiger partial charge in [-0.05, 0) is 37.3 Å². The minimum atomic E-state index is 0.717. The molecule has 0 saturated heterocycles. The van der Waals surface area contributed by atoms with Crippen molar-refractivity contribution in [3.63, 3.8) is 0 Å². The molecule has 1 aliphatic heterocycles. The van der Waals surface area contributed by atoms with E-state index in [4.69, 9.17) is 5.11 Å². The van der Waals surface area contributed by atoms with Crippen molar-refractivity contribution in [2.24, 2.45) is 0 Å². The SMILES string of the molecule is CO.Cc1ccc2c(c1)C(C)CCCN2C. The number of rotatable bonds is 0. The minimum Gasteiger partial charge on any atom is -0.400 e. The van der Waals surface area contributed by atoms with Crippen molar-refractivity contribution >= 4 is 5.69 Å². The Morgan fingerprint density at radius 1 is 1.31 bits per heavy atom. The van der Waals surface area contributed by atoms with Gasteiger partial charge < -0.3 is 10.0 Å². The van der Waals surface area contributed by atoms with Crippen LogP contribution in [0.5, 0.6) is 0 Å². The Morgan fingerprint density at radius 2 is 2.00 bits per heavy atom. The third-order valence-corrected chi connectivity index (χ3v) is 3.26. The van der Waals surface area contributed by atoms with Crippen LogP contribution in [0.4, 0.5) is 5.69 Å². The molecule has 0 radical (unpaired) electrons. The van der Waals surface area contributed by atoms with Gasteiger partial charge in [0.1, 0.15) is 0 Å². The highest BCUT2D eigenvalue weighted by atomic mass is 16.2. The van der Waals surface area contributed by atoms with E-state index in [0.29, 0.717) is 0 Å². The Balaban J connectivity index is 0.000000606. The number of hydrogen-bond acceptors (Lipinski definition) is 2. The third kappa shape index (κ3) is 2.76. The molecular formula is C14H23NO. The van der Waals surface area contributed by atoms with Crippen LogP contribution in [0.3, 0.4) is 0 Å². The molecule has 0 saturated carbocycles. The smallest absolute Gasteiger partial charge is 0.0399 e. The van der Waals surface area contributed by atoms with Crippen LogP contribution in [0.1, 0.15) is 36.8 Å². The van der Waals surface area contributed by atoms with Crippen molar-refractivity contribution in [2.45, 2.75) is 32.6 Å². The van der Waals surface area contributed by atoms with Gasteiger partial charge in [-0.2, -0.15) is 0 Å². The van der Waals surface area contributed by atoms with E-state index in [1.54, 1.807) is 0 Å². The summed E-state index contributed by atoms with van der Waals surface area (Å²) in [5, 5.41) is 7.00. The van der Waals surface area contributed by atoms with Crippen LogP contribution in [0, 0.1) is 6.92 Å².